The lowest BCUT2D eigenvalue weighted by molar-refractivity contribution is -0.136. The minimum atomic E-state index is -0.568. The average molecular weight is 328 g/mol. The number of carbonyl (C=O) groups excluding carboxylic acids is 3. The van der Waals surface area contributed by atoms with E-state index in [1.807, 2.05) is 12.1 Å². The summed E-state index contributed by atoms with van der Waals surface area (Å²) in [5.41, 5.74) is 2.52. The van der Waals surface area contributed by atoms with Crippen LogP contribution in [0.4, 0.5) is 5.69 Å². The minimum Gasteiger partial charge on any atom is -0.385 e. The van der Waals surface area contributed by atoms with Crippen LogP contribution in [0.1, 0.15) is 48.0 Å². The van der Waals surface area contributed by atoms with Crippen LogP contribution >= 0.6 is 0 Å². The number of benzene rings is 1. The quantitative estimate of drug-likeness (QED) is 0.617. The van der Waals surface area contributed by atoms with E-state index >= 15 is 0 Å². The van der Waals surface area contributed by atoms with E-state index in [2.05, 4.69) is 17.6 Å². The molecule has 1 radical (unpaired) electrons. The molecule has 127 valence electrons. The number of hydrogen-bond donors (Lipinski definition) is 2. The fraction of sp³-hybridized carbons (Fsp3) is 0.444. The molecular formula is C18H22N3O3. The number of piperidine rings is 1. The second kappa shape index (κ2) is 7.03. The predicted molar refractivity (Wildman–Crippen MR) is 90.2 cm³/mol. The summed E-state index contributed by atoms with van der Waals surface area (Å²) in [7, 11) is 0. The molecule has 1 saturated heterocycles. The first-order chi connectivity index (χ1) is 11.6. The number of carbonyl (C=O) groups is 3. The summed E-state index contributed by atoms with van der Waals surface area (Å²) in [5, 5.41) is 5.70. The van der Waals surface area contributed by atoms with Crippen LogP contribution in [-0.2, 0) is 16.1 Å². The summed E-state index contributed by atoms with van der Waals surface area (Å²) in [4.78, 5) is 37.6. The Balaban J connectivity index is 1.75. The van der Waals surface area contributed by atoms with E-state index < -0.39 is 6.04 Å². The Labute approximate surface area is 141 Å². The van der Waals surface area contributed by atoms with E-state index in [4.69, 9.17) is 0 Å². The maximum Gasteiger partial charge on any atom is 0.255 e. The predicted octanol–water partition coefficient (Wildman–Crippen LogP) is 1.86. The zero-order valence-corrected chi connectivity index (χ0v) is 13.6. The van der Waals surface area contributed by atoms with Crippen molar-refractivity contribution in [3.63, 3.8) is 0 Å². The van der Waals surface area contributed by atoms with Crippen LogP contribution in [0.15, 0.2) is 18.2 Å². The van der Waals surface area contributed by atoms with Gasteiger partial charge in [-0.05, 0) is 25.0 Å². The standard InChI is InChI=1S/C18H22N3O3/c1-2-3-4-10-19-14-7-5-6-12-13(14)11-21(18(12)24)15-8-9-16(22)20-17(15)23/h5-7,15,19H,1-4,8-11H2,(H,20,22,23). The summed E-state index contributed by atoms with van der Waals surface area (Å²) < 4.78 is 0. The van der Waals surface area contributed by atoms with E-state index in [9.17, 15) is 14.4 Å². The molecule has 0 aromatic heterocycles. The molecule has 3 amide bonds. The molecule has 2 aliphatic heterocycles. The Hall–Kier alpha value is -2.37. The van der Waals surface area contributed by atoms with Crippen molar-refractivity contribution >= 4 is 23.4 Å². The van der Waals surface area contributed by atoms with Crippen LogP contribution in [0, 0.1) is 6.92 Å². The van der Waals surface area contributed by atoms with E-state index in [0.29, 0.717) is 18.5 Å². The fourth-order valence-electron chi connectivity index (χ4n) is 3.28. The van der Waals surface area contributed by atoms with Crippen molar-refractivity contribution in [1.82, 2.24) is 10.2 Å². The number of fused-ring (bicyclic) bond motifs is 1. The first-order valence-electron chi connectivity index (χ1n) is 8.41. The molecule has 0 spiro atoms. The molecule has 1 unspecified atom stereocenters. The molecule has 24 heavy (non-hydrogen) atoms. The van der Waals surface area contributed by atoms with E-state index in [0.717, 1.165) is 37.1 Å². The lowest BCUT2D eigenvalue weighted by Gasteiger charge is -2.29. The summed E-state index contributed by atoms with van der Waals surface area (Å²) in [6.45, 7) is 5.06. The van der Waals surface area contributed by atoms with E-state index in [1.165, 1.54) is 0 Å². The van der Waals surface area contributed by atoms with Gasteiger partial charge in [-0.15, -0.1) is 0 Å². The molecule has 6 nitrogen and oxygen atoms in total. The molecule has 1 aromatic rings. The molecule has 0 aliphatic carbocycles. The lowest BCUT2D eigenvalue weighted by atomic mass is 10.0. The van der Waals surface area contributed by atoms with Crippen LogP contribution in [-0.4, -0.2) is 35.2 Å². The van der Waals surface area contributed by atoms with Crippen molar-refractivity contribution in [1.29, 1.82) is 0 Å². The Morgan fingerprint density at radius 2 is 2.08 bits per heavy atom. The smallest absolute Gasteiger partial charge is 0.255 e. The SMILES string of the molecule is [CH2]CCCCNc1cccc2c1CN(C1CCC(=O)NC1=O)C2=O. The van der Waals surface area contributed by atoms with E-state index in [1.54, 1.807) is 11.0 Å². The average Bonchev–Trinajstić information content (AvgIpc) is 2.89. The maximum atomic E-state index is 12.7. The largest absolute Gasteiger partial charge is 0.385 e. The molecule has 1 aromatic carbocycles. The summed E-state index contributed by atoms with van der Waals surface area (Å²) in [6.07, 6.45) is 3.65. The third kappa shape index (κ3) is 3.13. The second-order valence-corrected chi connectivity index (χ2v) is 6.22. The van der Waals surface area contributed by atoms with Crippen molar-refractivity contribution in [2.24, 2.45) is 0 Å². The number of nitrogens with one attached hydrogen (secondary N) is 2. The molecule has 2 aliphatic rings. The highest BCUT2D eigenvalue weighted by molar-refractivity contribution is 6.06. The van der Waals surface area contributed by atoms with Gasteiger partial charge in [0.25, 0.3) is 5.91 Å². The van der Waals surface area contributed by atoms with Crippen LogP contribution in [0.25, 0.3) is 0 Å². The highest BCUT2D eigenvalue weighted by atomic mass is 16.2. The van der Waals surface area contributed by atoms with Crippen molar-refractivity contribution in [3.05, 3.63) is 36.2 Å². The highest BCUT2D eigenvalue weighted by Crippen LogP contribution is 2.32. The van der Waals surface area contributed by atoms with Gasteiger partial charge >= 0.3 is 0 Å². The molecule has 1 atom stereocenters. The second-order valence-electron chi connectivity index (χ2n) is 6.22. The summed E-state index contributed by atoms with van der Waals surface area (Å²) in [6, 6.07) is 5.05. The van der Waals surface area contributed by atoms with Crippen LogP contribution < -0.4 is 10.6 Å². The number of unbranched alkanes of at least 4 members (excludes halogenated alkanes) is 2. The van der Waals surface area contributed by atoms with Crippen molar-refractivity contribution in [2.45, 2.75) is 44.7 Å². The number of anilines is 1. The molecule has 0 saturated carbocycles. The van der Waals surface area contributed by atoms with Crippen LogP contribution in [0.3, 0.4) is 0 Å². The van der Waals surface area contributed by atoms with Gasteiger partial charge in [-0.25, -0.2) is 0 Å². The van der Waals surface area contributed by atoms with Gasteiger partial charge < -0.3 is 10.2 Å². The number of rotatable bonds is 6. The number of nitrogens with zero attached hydrogens (tertiary/aromatic N) is 1. The number of hydrogen-bond acceptors (Lipinski definition) is 4. The summed E-state index contributed by atoms with van der Waals surface area (Å²) in [5.74, 6) is -0.786. The minimum absolute atomic E-state index is 0.138. The molecule has 0 bridgehead atoms. The fourth-order valence-corrected chi connectivity index (χ4v) is 3.28. The first kappa shape index (κ1) is 16.5. The normalized spacial score (nSPS) is 20.1. The monoisotopic (exact) mass is 328 g/mol. The van der Waals surface area contributed by atoms with Gasteiger partial charge in [0, 0.05) is 36.3 Å². The van der Waals surface area contributed by atoms with Gasteiger partial charge in [0.05, 0.1) is 0 Å². The Morgan fingerprint density at radius 3 is 2.83 bits per heavy atom. The Bertz CT molecular complexity index is 671. The zero-order valence-electron chi connectivity index (χ0n) is 13.6. The Kier molecular flexibility index (Phi) is 4.83. The van der Waals surface area contributed by atoms with Gasteiger partial charge in [-0.1, -0.05) is 25.8 Å². The molecule has 6 heteroatoms. The van der Waals surface area contributed by atoms with Crippen LogP contribution in [0.5, 0.6) is 0 Å². The van der Waals surface area contributed by atoms with Crippen LogP contribution in [0.2, 0.25) is 0 Å². The topological polar surface area (TPSA) is 78.5 Å². The van der Waals surface area contributed by atoms with Gasteiger partial charge in [0.15, 0.2) is 0 Å². The maximum absolute atomic E-state index is 12.7. The third-order valence-electron chi connectivity index (χ3n) is 4.57. The van der Waals surface area contributed by atoms with Crippen molar-refractivity contribution in [3.8, 4) is 0 Å². The third-order valence-corrected chi connectivity index (χ3v) is 4.57. The first-order valence-corrected chi connectivity index (χ1v) is 8.41. The zero-order chi connectivity index (χ0) is 17.1. The molecular weight excluding hydrogens is 306 g/mol. The van der Waals surface area contributed by atoms with Crippen molar-refractivity contribution in [2.75, 3.05) is 11.9 Å². The molecule has 2 N–H and O–H groups in total. The molecule has 3 rings (SSSR count). The number of imide groups is 1. The van der Waals surface area contributed by atoms with E-state index in [-0.39, 0.29) is 24.1 Å². The molecule has 2 heterocycles. The Morgan fingerprint density at radius 1 is 1.25 bits per heavy atom. The van der Waals surface area contributed by atoms with Gasteiger partial charge in [-0.3, -0.25) is 19.7 Å². The molecule has 1 fully saturated rings. The van der Waals surface area contributed by atoms with Gasteiger partial charge in [0.1, 0.15) is 6.04 Å². The summed E-state index contributed by atoms with van der Waals surface area (Å²) >= 11 is 0. The lowest BCUT2D eigenvalue weighted by Crippen LogP contribution is -2.52. The van der Waals surface area contributed by atoms with Gasteiger partial charge in [-0.2, -0.15) is 0 Å². The van der Waals surface area contributed by atoms with Crippen molar-refractivity contribution < 1.29 is 14.4 Å². The van der Waals surface area contributed by atoms with Gasteiger partial charge in [0.2, 0.25) is 11.8 Å². The number of amides is 3. The highest BCUT2D eigenvalue weighted by Gasteiger charge is 2.39.